The molecule has 0 aliphatic heterocycles. The molecule has 1 fully saturated rings. The van der Waals surface area contributed by atoms with Crippen LogP contribution in [0.15, 0.2) is 11.4 Å². The Kier molecular flexibility index (Phi) is 5.05. The number of aliphatic carboxylic acids is 1. The Hall–Kier alpha value is -1.07. The van der Waals surface area contributed by atoms with E-state index >= 15 is 0 Å². The Morgan fingerprint density at radius 1 is 1.40 bits per heavy atom. The summed E-state index contributed by atoms with van der Waals surface area (Å²) in [6.45, 7) is 0. The predicted molar refractivity (Wildman–Crippen MR) is 79.2 cm³/mol. The molecule has 1 aromatic heterocycles. The van der Waals surface area contributed by atoms with Crippen LogP contribution in [0, 0.1) is 0 Å². The molecule has 1 aliphatic rings. The molecule has 0 radical (unpaired) electrons. The van der Waals surface area contributed by atoms with Crippen LogP contribution in [0.5, 0.6) is 0 Å². The van der Waals surface area contributed by atoms with Crippen LogP contribution in [0.4, 0.5) is 0 Å². The number of aryl methyl sites for hydroxylation is 1. The van der Waals surface area contributed by atoms with E-state index in [1.807, 2.05) is 11.4 Å². The fourth-order valence-electron chi connectivity index (χ4n) is 2.77. The first kappa shape index (κ1) is 15.3. The molecule has 0 unspecified atom stereocenters. The van der Waals surface area contributed by atoms with Gasteiger partial charge in [0.1, 0.15) is 0 Å². The Bertz CT molecular complexity index is 494. The molecular weight excluding hydrogens is 298 g/mol. The maximum atomic E-state index is 12.0. The van der Waals surface area contributed by atoms with Crippen LogP contribution in [0.25, 0.3) is 0 Å². The highest BCUT2D eigenvalue weighted by Gasteiger charge is 2.37. The van der Waals surface area contributed by atoms with Crippen LogP contribution in [-0.4, -0.2) is 22.5 Å². The molecule has 0 aromatic carbocycles. The largest absolute Gasteiger partial charge is 0.481 e. The topological polar surface area (TPSA) is 66.4 Å². The van der Waals surface area contributed by atoms with E-state index in [0.717, 1.165) is 30.6 Å². The maximum absolute atomic E-state index is 12.0. The predicted octanol–water partition coefficient (Wildman–Crippen LogP) is 3.24. The van der Waals surface area contributed by atoms with Crippen molar-refractivity contribution in [2.24, 2.45) is 0 Å². The highest BCUT2D eigenvalue weighted by molar-refractivity contribution is 7.10. The van der Waals surface area contributed by atoms with Gasteiger partial charge >= 0.3 is 5.97 Å². The standard InChI is InChI=1S/C14H18ClNO3S/c15-10-7-11(20-9-10)3-4-12(17)16-14(8-13(18)19)5-1-2-6-14/h7,9H,1-6,8H2,(H,16,17)(H,18,19). The zero-order valence-electron chi connectivity index (χ0n) is 11.2. The number of halogens is 1. The molecule has 2 N–H and O–H groups in total. The van der Waals surface area contributed by atoms with Crippen molar-refractivity contribution < 1.29 is 14.7 Å². The van der Waals surface area contributed by atoms with Gasteiger partial charge in [-0.15, -0.1) is 11.3 Å². The van der Waals surface area contributed by atoms with Crippen molar-refractivity contribution in [3.63, 3.8) is 0 Å². The van der Waals surface area contributed by atoms with Crippen molar-refractivity contribution >= 4 is 34.8 Å². The van der Waals surface area contributed by atoms with Gasteiger partial charge < -0.3 is 10.4 Å². The second-order valence-corrected chi connectivity index (χ2v) is 6.77. The van der Waals surface area contributed by atoms with Gasteiger partial charge in [-0.1, -0.05) is 24.4 Å². The molecule has 110 valence electrons. The normalized spacial score (nSPS) is 17.1. The van der Waals surface area contributed by atoms with Gasteiger partial charge in [0.25, 0.3) is 0 Å². The summed E-state index contributed by atoms with van der Waals surface area (Å²) < 4.78 is 0. The van der Waals surface area contributed by atoms with Gasteiger partial charge in [-0.3, -0.25) is 9.59 Å². The summed E-state index contributed by atoms with van der Waals surface area (Å²) in [5.41, 5.74) is -0.532. The van der Waals surface area contributed by atoms with Gasteiger partial charge in [-0.25, -0.2) is 0 Å². The summed E-state index contributed by atoms with van der Waals surface area (Å²) >= 11 is 7.38. The Morgan fingerprint density at radius 2 is 2.10 bits per heavy atom. The van der Waals surface area contributed by atoms with Crippen LogP contribution in [0.1, 0.15) is 43.4 Å². The van der Waals surface area contributed by atoms with Crippen LogP contribution in [0.3, 0.4) is 0 Å². The first-order valence-corrected chi connectivity index (χ1v) is 8.01. The summed E-state index contributed by atoms with van der Waals surface area (Å²) in [7, 11) is 0. The molecule has 0 bridgehead atoms. The molecule has 6 heteroatoms. The van der Waals surface area contributed by atoms with Crippen LogP contribution in [0.2, 0.25) is 5.02 Å². The molecule has 1 aliphatic carbocycles. The van der Waals surface area contributed by atoms with E-state index in [9.17, 15) is 9.59 Å². The Labute approximate surface area is 127 Å². The lowest BCUT2D eigenvalue weighted by molar-refractivity contribution is -0.139. The van der Waals surface area contributed by atoms with E-state index in [0.29, 0.717) is 17.9 Å². The summed E-state index contributed by atoms with van der Waals surface area (Å²) in [6.07, 6.45) is 4.52. The number of rotatable bonds is 6. The van der Waals surface area contributed by atoms with Gasteiger partial charge in [0, 0.05) is 16.7 Å². The highest BCUT2D eigenvalue weighted by Crippen LogP contribution is 2.32. The number of thiophene rings is 1. The molecule has 4 nitrogen and oxygen atoms in total. The second kappa shape index (κ2) is 6.59. The van der Waals surface area contributed by atoms with Gasteiger partial charge in [-0.2, -0.15) is 0 Å². The summed E-state index contributed by atoms with van der Waals surface area (Å²) in [5, 5.41) is 14.5. The van der Waals surface area contributed by atoms with Crippen molar-refractivity contribution in [1.82, 2.24) is 5.32 Å². The average Bonchev–Trinajstić information content (AvgIpc) is 2.95. The second-order valence-electron chi connectivity index (χ2n) is 5.34. The molecule has 0 atom stereocenters. The van der Waals surface area contributed by atoms with Crippen molar-refractivity contribution in [3.05, 3.63) is 21.3 Å². The third-order valence-corrected chi connectivity index (χ3v) is 5.02. The van der Waals surface area contributed by atoms with Crippen LogP contribution < -0.4 is 5.32 Å². The first-order chi connectivity index (χ1) is 9.49. The first-order valence-electron chi connectivity index (χ1n) is 6.75. The number of carbonyl (C=O) groups is 2. The lowest BCUT2D eigenvalue weighted by Crippen LogP contribution is -2.47. The third-order valence-electron chi connectivity index (χ3n) is 3.68. The summed E-state index contributed by atoms with van der Waals surface area (Å²) in [5.74, 6) is -0.921. The zero-order valence-corrected chi connectivity index (χ0v) is 12.7. The van der Waals surface area contributed by atoms with Crippen molar-refractivity contribution in [1.29, 1.82) is 0 Å². The number of hydrogen-bond acceptors (Lipinski definition) is 3. The quantitative estimate of drug-likeness (QED) is 0.847. The summed E-state index contributed by atoms with van der Waals surface area (Å²) in [6, 6.07) is 1.86. The van der Waals surface area contributed by atoms with E-state index in [2.05, 4.69) is 5.32 Å². The molecule has 20 heavy (non-hydrogen) atoms. The number of carbonyl (C=O) groups excluding carboxylic acids is 1. The molecule has 0 spiro atoms. The number of carboxylic acids is 1. The Morgan fingerprint density at radius 3 is 2.65 bits per heavy atom. The highest BCUT2D eigenvalue weighted by atomic mass is 35.5. The van der Waals surface area contributed by atoms with Gasteiger partial charge in [0.15, 0.2) is 0 Å². The van der Waals surface area contributed by atoms with E-state index in [4.69, 9.17) is 16.7 Å². The zero-order chi connectivity index (χ0) is 14.6. The SMILES string of the molecule is O=C(O)CC1(NC(=O)CCc2cc(Cl)cs2)CCCC1. The molecular formula is C14H18ClNO3S. The smallest absolute Gasteiger partial charge is 0.305 e. The number of hydrogen-bond donors (Lipinski definition) is 2. The van der Waals surface area contributed by atoms with E-state index < -0.39 is 11.5 Å². The molecule has 1 aromatic rings. The fraction of sp³-hybridized carbons (Fsp3) is 0.571. The van der Waals surface area contributed by atoms with Crippen molar-refractivity contribution in [2.45, 2.75) is 50.5 Å². The Balaban J connectivity index is 1.87. The van der Waals surface area contributed by atoms with E-state index in [-0.39, 0.29) is 12.3 Å². The van der Waals surface area contributed by atoms with Crippen LogP contribution in [-0.2, 0) is 16.0 Å². The lowest BCUT2D eigenvalue weighted by Gasteiger charge is -2.28. The number of carboxylic acid groups (broad SMARTS) is 1. The lowest BCUT2D eigenvalue weighted by atomic mass is 9.93. The molecule has 1 amide bonds. The third kappa shape index (κ3) is 4.21. The number of amides is 1. The maximum Gasteiger partial charge on any atom is 0.305 e. The van der Waals surface area contributed by atoms with E-state index in [1.54, 1.807) is 0 Å². The number of nitrogens with one attached hydrogen (secondary N) is 1. The fourth-order valence-corrected chi connectivity index (χ4v) is 3.84. The molecule has 1 heterocycles. The minimum Gasteiger partial charge on any atom is -0.481 e. The summed E-state index contributed by atoms with van der Waals surface area (Å²) in [4.78, 5) is 24.1. The van der Waals surface area contributed by atoms with Gasteiger partial charge in [0.2, 0.25) is 5.91 Å². The van der Waals surface area contributed by atoms with Crippen molar-refractivity contribution in [3.8, 4) is 0 Å². The van der Waals surface area contributed by atoms with E-state index in [1.165, 1.54) is 11.3 Å². The molecule has 2 rings (SSSR count). The minimum atomic E-state index is -0.850. The van der Waals surface area contributed by atoms with Crippen LogP contribution >= 0.6 is 22.9 Å². The average molecular weight is 316 g/mol. The van der Waals surface area contributed by atoms with Crippen molar-refractivity contribution in [2.75, 3.05) is 0 Å². The molecule has 1 saturated carbocycles. The van der Waals surface area contributed by atoms with Gasteiger partial charge in [0.05, 0.1) is 17.0 Å². The molecule has 0 saturated heterocycles. The minimum absolute atomic E-state index is 0.0174. The van der Waals surface area contributed by atoms with Gasteiger partial charge in [-0.05, 0) is 25.3 Å². The monoisotopic (exact) mass is 315 g/mol.